The Morgan fingerprint density at radius 1 is 0.769 bits per heavy atom. The van der Waals surface area contributed by atoms with Crippen molar-refractivity contribution in [2.75, 3.05) is 0 Å². The van der Waals surface area contributed by atoms with E-state index in [1.54, 1.807) is 0 Å². The van der Waals surface area contributed by atoms with Crippen molar-refractivity contribution in [1.82, 2.24) is 0 Å². The third-order valence-electron chi connectivity index (χ3n) is 0.899. The topological polar surface area (TPSA) is 17.1 Å². The second kappa shape index (κ2) is 4.47. The fourth-order valence-corrected chi connectivity index (χ4v) is 1.56. The quantitative estimate of drug-likeness (QED) is 0.640. The van der Waals surface area contributed by atoms with E-state index in [0.717, 1.165) is 0 Å². The van der Waals surface area contributed by atoms with E-state index in [1.165, 1.54) is 0 Å². The summed E-state index contributed by atoms with van der Waals surface area (Å²) in [6.07, 6.45) is 0. The number of alkyl halides is 8. The predicted octanol–water partition coefficient (Wildman–Crippen LogP) is 4.47. The van der Waals surface area contributed by atoms with E-state index in [0.29, 0.717) is 0 Å². The zero-order valence-corrected chi connectivity index (χ0v) is 11.5. The normalized spacial score (nSPS) is 14.5. The van der Waals surface area contributed by atoms with Crippen LogP contribution in [0.2, 0.25) is 0 Å². The van der Waals surface area contributed by atoms with Gasteiger partial charge in [-0.2, -0.15) is 0 Å². The van der Waals surface area contributed by atoms with Gasteiger partial charge in [0, 0.05) is 0 Å². The van der Waals surface area contributed by atoms with Gasteiger partial charge < -0.3 is 0 Å². The molecule has 0 aromatic rings. The van der Waals surface area contributed by atoms with Crippen LogP contribution in [0, 0.1) is 0 Å². The molecular weight excluding hydrogens is 348 g/mol. The summed E-state index contributed by atoms with van der Waals surface area (Å²) in [5.41, 5.74) is 0. The van der Waals surface area contributed by atoms with Gasteiger partial charge in [-0.25, -0.2) is 0 Å². The molecule has 0 saturated heterocycles. The molecule has 0 amide bonds. The van der Waals surface area contributed by atoms with E-state index >= 15 is 0 Å². The van der Waals surface area contributed by atoms with Gasteiger partial charge in [0.2, 0.25) is 13.9 Å². The molecule has 0 aliphatic carbocycles. The van der Waals surface area contributed by atoms with Gasteiger partial charge in [-0.15, -0.1) is 0 Å². The molecule has 0 fully saturated rings. The minimum Gasteiger partial charge on any atom is -0.291 e. The average Bonchev–Trinajstić information content (AvgIpc) is 1.81. The van der Waals surface area contributed by atoms with Crippen molar-refractivity contribution in [3.8, 4) is 0 Å². The number of hydrogen-bond donors (Lipinski definition) is 0. The summed E-state index contributed by atoms with van der Waals surface area (Å²) in [7, 11) is 0. The smallest absolute Gasteiger partial charge is 0.252 e. The highest BCUT2D eigenvalue weighted by Crippen LogP contribution is 2.50. The lowest BCUT2D eigenvalue weighted by Gasteiger charge is -2.28. The van der Waals surface area contributed by atoms with Gasteiger partial charge in [0.15, 0.2) is 0 Å². The zero-order chi connectivity index (χ0) is 11.1. The highest BCUT2D eigenvalue weighted by Gasteiger charge is 2.57. The fraction of sp³-hybridized carbons (Fsp3) is 0.750. The van der Waals surface area contributed by atoms with E-state index < -0.39 is 17.7 Å². The molecule has 0 aromatic heterocycles. The van der Waals surface area contributed by atoms with E-state index in [2.05, 4.69) is 0 Å². The van der Waals surface area contributed by atoms with Crippen molar-refractivity contribution >= 4 is 98.6 Å². The summed E-state index contributed by atoms with van der Waals surface area (Å²) < 4.78 is -7.03. The Hall–Kier alpha value is 1.99. The van der Waals surface area contributed by atoms with Crippen LogP contribution >= 0.6 is 92.8 Å². The second-order valence-electron chi connectivity index (χ2n) is 1.90. The lowest BCUT2D eigenvalue weighted by atomic mass is 10.3. The second-order valence-corrected chi connectivity index (χ2v) is 7.79. The van der Waals surface area contributed by atoms with Crippen LogP contribution in [0.1, 0.15) is 0 Å². The number of rotatable bonds is 1. The van der Waals surface area contributed by atoms with Crippen LogP contribution in [0.5, 0.6) is 0 Å². The molecule has 0 rings (SSSR count). The molecule has 0 saturated carbocycles. The first-order valence-electron chi connectivity index (χ1n) is 2.47. The first-order chi connectivity index (χ1) is 5.40. The number of hydrogen-bond acceptors (Lipinski definition) is 1. The molecule has 0 aliphatic rings. The SMILES string of the molecule is O=C(C(Cl)(Cl)Cl)C(Cl)(Cl)C(Cl)(Cl)Cl. The van der Waals surface area contributed by atoms with Gasteiger partial charge in [-0.1, -0.05) is 92.8 Å². The molecule has 78 valence electrons. The summed E-state index contributed by atoms with van der Waals surface area (Å²) in [5.74, 6) is -1.23. The first kappa shape index (κ1) is 15.0. The Morgan fingerprint density at radius 3 is 1.15 bits per heavy atom. The van der Waals surface area contributed by atoms with Gasteiger partial charge in [0.1, 0.15) is 0 Å². The molecule has 9 heteroatoms. The molecular formula is C4Cl8O. The van der Waals surface area contributed by atoms with E-state index in [-0.39, 0.29) is 0 Å². The van der Waals surface area contributed by atoms with Crippen LogP contribution in [0.3, 0.4) is 0 Å². The largest absolute Gasteiger partial charge is 0.291 e. The van der Waals surface area contributed by atoms with Gasteiger partial charge in [-0.05, 0) is 0 Å². The summed E-state index contributed by atoms with van der Waals surface area (Å²) >= 11 is 42.3. The Morgan fingerprint density at radius 2 is 1.08 bits per heavy atom. The van der Waals surface area contributed by atoms with E-state index in [9.17, 15) is 4.79 Å². The molecule has 0 spiro atoms. The molecule has 0 aliphatic heterocycles. The van der Waals surface area contributed by atoms with E-state index in [4.69, 9.17) is 92.8 Å². The van der Waals surface area contributed by atoms with Crippen molar-refractivity contribution in [2.24, 2.45) is 0 Å². The molecule has 1 nitrogen and oxygen atoms in total. The zero-order valence-electron chi connectivity index (χ0n) is 5.43. The Bertz CT molecular complexity index is 209. The minimum atomic E-state index is -2.41. The fourth-order valence-electron chi connectivity index (χ4n) is 0.307. The molecule has 0 radical (unpaired) electrons. The number of carbonyl (C=O) groups excluding carboxylic acids is 1. The van der Waals surface area contributed by atoms with Crippen molar-refractivity contribution in [3.05, 3.63) is 0 Å². The molecule has 0 N–H and O–H groups in total. The number of halogens is 8. The van der Waals surface area contributed by atoms with Gasteiger partial charge >= 0.3 is 0 Å². The molecule has 13 heavy (non-hydrogen) atoms. The Labute approximate surface area is 114 Å². The number of Topliss-reactive ketones (excluding diaryl/α,β-unsaturated/α-hetero) is 1. The summed E-state index contributed by atoms with van der Waals surface area (Å²) in [4.78, 5) is 11.2. The maximum atomic E-state index is 11.2. The van der Waals surface area contributed by atoms with Crippen molar-refractivity contribution in [1.29, 1.82) is 0 Å². The molecule has 0 atom stereocenters. The average molecular weight is 348 g/mol. The Kier molecular flexibility index (Phi) is 5.15. The monoisotopic (exact) mass is 344 g/mol. The lowest BCUT2D eigenvalue weighted by molar-refractivity contribution is -0.118. The van der Waals surface area contributed by atoms with Crippen LogP contribution in [0.4, 0.5) is 0 Å². The van der Waals surface area contributed by atoms with Crippen molar-refractivity contribution in [2.45, 2.75) is 11.9 Å². The highest BCUT2D eigenvalue weighted by molar-refractivity contribution is 6.85. The summed E-state index contributed by atoms with van der Waals surface area (Å²) in [6, 6.07) is 0. The van der Waals surface area contributed by atoms with Crippen molar-refractivity contribution in [3.63, 3.8) is 0 Å². The van der Waals surface area contributed by atoms with Gasteiger partial charge in [-0.3, -0.25) is 4.79 Å². The maximum Gasteiger partial charge on any atom is 0.252 e. The standard InChI is InChI=1S/C4Cl8O/c5-2(6,4(10,11)12)1(13)3(7,8)9. The molecule has 0 unspecified atom stereocenters. The highest BCUT2D eigenvalue weighted by atomic mass is 35.6. The minimum absolute atomic E-state index is 1.23. The Balaban J connectivity index is 4.98. The lowest BCUT2D eigenvalue weighted by Crippen LogP contribution is -2.45. The van der Waals surface area contributed by atoms with E-state index in [1.807, 2.05) is 0 Å². The number of carbonyl (C=O) groups is 1. The molecule has 0 aromatic carbocycles. The van der Waals surface area contributed by atoms with Crippen LogP contribution < -0.4 is 0 Å². The van der Waals surface area contributed by atoms with Crippen LogP contribution in [-0.4, -0.2) is 17.7 Å². The number of ketones is 1. The maximum absolute atomic E-state index is 11.2. The third kappa shape index (κ3) is 3.81. The van der Waals surface area contributed by atoms with Crippen LogP contribution in [-0.2, 0) is 4.79 Å². The third-order valence-corrected chi connectivity index (χ3v) is 3.75. The summed E-state index contributed by atoms with van der Waals surface area (Å²) in [6.45, 7) is 0. The molecule has 0 bridgehead atoms. The van der Waals surface area contributed by atoms with Crippen LogP contribution in [0.15, 0.2) is 0 Å². The van der Waals surface area contributed by atoms with Gasteiger partial charge in [0.05, 0.1) is 0 Å². The van der Waals surface area contributed by atoms with Crippen LogP contribution in [0.25, 0.3) is 0 Å². The summed E-state index contributed by atoms with van der Waals surface area (Å²) in [5, 5.41) is 0. The molecule has 0 heterocycles. The van der Waals surface area contributed by atoms with Gasteiger partial charge in [0.25, 0.3) is 3.79 Å². The first-order valence-corrected chi connectivity index (χ1v) is 5.49. The van der Waals surface area contributed by atoms with Crippen molar-refractivity contribution < 1.29 is 4.79 Å². The predicted molar refractivity (Wildman–Crippen MR) is 60.0 cm³/mol.